The number of carbonyl (C=O) groups is 1. The fraction of sp³-hybridized carbons (Fsp3) is 0.467. The Kier molecular flexibility index (Phi) is 4.31. The van der Waals surface area contributed by atoms with Crippen LogP contribution in [0.4, 0.5) is 5.13 Å². The Morgan fingerprint density at radius 1 is 1.48 bits per heavy atom. The number of anilines is 1. The van der Waals surface area contributed by atoms with E-state index >= 15 is 0 Å². The number of fused-ring (bicyclic) bond motifs is 1. The number of nitrogens with one attached hydrogen (secondary N) is 1. The predicted octanol–water partition coefficient (Wildman–Crippen LogP) is 4.48. The van der Waals surface area contributed by atoms with Gasteiger partial charge >= 0.3 is 5.97 Å². The molecule has 0 aliphatic heterocycles. The zero-order valence-corrected chi connectivity index (χ0v) is 13.4. The van der Waals surface area contributed by atoms with Crippen molar-refractivity contribution in [2.24, 2.45) is 0 Å². The quantitative estimate of drug-likeness (QED) is 0.842. The summed E-state index contributed by atoms with van der Waals surface area (Å²) in [5.41, 5.74) is 1.16. The smallest absolute Gasteiger partial charge is 0.339 e. The second kappa shape index (κ2) is 6.20. The molecule has 1 aliphatic carbocycles. The lowest BCUT2D eigenvalue weighted by molar-refractivity contribution is 0.0526. The van der Waals surface area contributed by atoms with E-state index in [0.29, 0.717) is 23.2 Å². The third kappa shape index (κ3) is 3.14. The lowest BCUT2D eigenvalue weighted by Crippen LogP contribution is -2.13. The molecule has 0 spiro atoms. The number of esters is 1. The molecular formula is C15H17ClN2O2S. The van der Waals surface area contributed by atoms with Gasteiger partial charge in [0.1, 0.15) is 0 Å². The first kappa shape index (κ1) is 14.6. The van der Waals surface area contributed by atoms with Crippen LogP contribution in [0.25, 0.3) is 10.2 Å². The molecule has 0 unspecified atom stereocenters. The summed E-state index contributed by atoms with van der Waals surface area (Å²) in [4.78, 5) is 16.4. The van der Waals surface area contributed by atoms with Gasteiger partial charge in [-0.3, -0.25) is 0 Å². The number of nitrogens with zero attached hydrogens (tertiary/aromatic N) is 1. The number of hydrogen-bond donors (Lipinski definition) is 1. The fourth-order valence-electron chi connectivity index (χ4n) is 2.62. The second-order valence-corrected chi connectivity index (χ2v) is 6.60. The number of thiazole rings is 1. The van der Waals surface area contributed by atoms with Crippen molar-refractivity contribution in [2.45, 2.75) is 38.6 Å². The lowest BCUT2D eigenvalue weighted by Gasteiger charge is -2.09. The maximum absolute atomic E-state index is 11.8. The molecule has 0 atom stereocenters. The lowest BCUT2D eigenvalue weighted by atomic mass is 10.2. The molecule has 0 radical (unpaired) electrons. The SMILES string of the molecule is CCOC(=O)c1cc2nc(NC3CCCC3)sc2cc1Cl. The summed E-state index contributed by atoms with van der Waals surface area (Å²) in [6.45, 7) is 2.11. The number of benzene rings is 1. The molecule has 1 fully saturated rings. The van der Waals surface area contributed by atoms with Gasteiger partial charge in [-0.15, -0.1) is 0 Å². The van der Waals surface area contributed by atoms with Crippen molar-refractivity contribution in [3.8, 4) is 0 Å². The molecule has 1 aromatic carbocycles. The molecule has 21 heavy (non-hydrogen) atoms. The molecule has 2 aromatic rings. The van der Waals surface area contributed by atoms with E-state index in [9.17, 15) is 4.79 Å². The average Bonchev–Trinajstić information content (AvgIpc) is 3.07. The predicted molar refractivity (Wildman–Crippen MR) is 86.5 cm³/mol. The Balaban J connectivity index is 1.88. The van der Waals surface area contributed by atoms with Crippen molar-refractivity contribution in [3.63, 3.8) is 0 Å². The van der Waals surface area contributed by atoms with E-state index in [1.165, 1.54) is 25.7 Å². The minimum absolute atomic E-state index is 0.332. The van der Waals surface area contributed by atoms with Crippen molar-refractivity contribution in [1.29, 1.82) is 0 Å². The molecule has 1 heterocycles. The van der Waals surface area contributed by atoms with Crippen LogP contribution in [0.2, 0.25) is 5.02 Å². The first-order valence-corrected chi connectivity index (χ1v) is 8.40. The highest BCUT2D eigenvalue weighted by atomic mass is 35.5. The van der Waals surface area contributed by atoms with Gasteiger partial charge in [-0.2, -0.15) is 0 Å². The van der Waals surface area contributed by atoms with Crippen molar-refractivity contribution in [2.75, 3.05) is 11.9 Å². The van der Waals surface area contributed by atoms with Gasteiger partial charge < -0.3 is 10.1 Å². The summed E-state index contributed by atoms with van der Waals surface area (Å²) in [5, 5.41) is 4.78. The molecule has 1 aliphatic rings. The number of rotatable bonds is 4. The molecule has 4 nitrogen and oxygen atoms in total. The minimum atomic E-state index is -0.400. The summed E-state index contributed by atoms with van der Waals surface area (Å²) in [6.07, 6.45) is 4.96. The summed E-state index contributed by atoms with van der Waals surface area (Å²) in [6, 6.07) is 4.03. The average molecular weight is 325 g/mol. The standard InChI is InChI=1S/C15H17ClN2O2S/c1-2-20-14(19)10-7-12-13(8-11(10)16)21-15(18-12)17-9-5-3-4-6-9/h7-9H,2-6H2,1H3,(H,17,18). The maximum atomic E-state index is 11.8. The van der Waals surface area contributed by atoms with Crippen molar-refractivity contribution in [1.82, 2.24) is 4.98 Å². The van der Waals surface area contributed by atoms with Gasteiger partial charge in [0.05, 0.1) is 27.4 Å². The van der Waals surface area contributed by atoms with Crippen LogP contribution in [0.5, 0.6) is 0 Å². The molecule has 3 rings (SSSR count). The van der Waals surface area contributed by atoms with Gasteiger partial charge in [-0.1, -0.05) is 35.8 Å². The number of halogens is 1. The van der Waals surface area contributed by atoms with Crippen LogP contribution in [0, 0.1) is 0 Å². The van der Waals surface area contributed by atoms with Gasteiger partial charge in [0.25, 0.3) is 0 Å². The molecular weight excluding hydrogens is 308 g/mol. The van der Waals surface area contributed by atoms with Crippen LogP contribution in [-0.4, -0.2) is 23.6 Å². The van der Waals surface area contributed by atoms with Gasteiger partial charge in [-0.05, 0) is 31.9 Å². The van der Waals surface area contributed by atoms with E-state index in [2.05, 4.69) is 10.3 Å². The highest BCUT2D eigenvalue weighted by molar-refractivity contribution is 7.22. The van der Waals surface area contributed by atoms with Crippen molar-refractivity contribution in [3.05, 3.63) is 22.7 Å². The summed E-state index contributed by atoms with van der Waals surface area (Å²) < 4.78 is 5.99. The van der Waals surface area contributed by atoms with E-state index < -0.39 is 5.97 Å². The maximum Gasteiger partial charge on any atom is 0.339 e. The van der Waals surface area contributed by atoms with Gasteiger partial charge in [0.2, 0.25) is 0 Å². The molecule has 1 saturated carbocycles. The number of carbonyl (C=O) groups excluding carboxylic acids is 1. The Hall–Kier alpha value is -1.33. The van der Waals surface area contributed by atoms with E-state index in [4.69, 9.17) is 16.3 Å². The van der Waals surface area contributed by atoms with Crippen molar-refractivity contribution < 1.29 is 9.53 Å². The number of hydrogen-bond acceptors (Lipinski definition) is 5. The molecule has 6 heteroatoms. The Morgan fingerprint density at radius 3 is 2.95 bits per heavy atom. The van der Waals surface area contributed by atoms with E-state index in [1.54, 1.807) is 30.4 Å². The van der Waals surface area contributed by atoms with Gasteiger partial charge in [0.15, 0.2) is 5.13 Å². The summed E-state index contributed by atoms with van der Waals surface area (Å²) >= 11 is 7.74. The topological polar surface area (TPSA) is 51.2 Å². The molecule has 1 N–H and O–H groups in total. The first-order valence-electron chi connectivity index (χ1n) is 7.21. The second-order valence-electron chi connectivity index (χ2n) is 5.16. The van der Waals surface area contributed by atoms with E-state index in [0.717, 1.165) is 15.3 Å². The fourth-order valence-corrected chi connectivity index (χ4v) is 3.89. The third-order valence-corrected chi connectivity index (χ3v) is 4.92. The van der Waals surface area contributed by atoms with Crippen LogP contribution >= 0.6 is 22.9 Å². The summed E-state index contributed by atoms with van der Waals surface area (Å²) in [7, 11) is 0. The molecule has 0 saturated heterocycles. The summed E-state index contributed by atoms with van der Waals surface area (Å²) in [5.74, 6) is -0.400. The van der Waals surface area contributed by atoms with Gasteiger partial charge in [0, 0.05) is 6.04 Å². The Bertz CT molecular complexity index is 665. The molecule has 1 aromatic heterocycles. The first-order chi connectivity index (χ1) is 10.2. The molecule has 0 amide bonds. The molecule has 0 bridgehead atoms. The number of ether oxygens (including phenoxy) is 1. The van der Waals surface area contributed by atoms with Crippen LogP contribution in [0.3, 0.4) is 0 Å². The van der Waals surface area contributed by atoms with Crippen LogP contribution in [0.1, 0.15) is 43.0 Å². The third-order valence-electron chi connectivity index (χ3n) is 3.66. The van der Waals surface area contributed by atoms with Crippen LogP contribution in [0.15, 0.2) is 12.1 Å². The van der Waals surface area contributed by atoms with Crippen LogP contribution < -0.4 is 5.32 Å². The molecule has 112 valence electrons. The minimum Gasteiger partial charge on any atom is -0.462 e. The largest absolute Gasteiger partial charge is 0.462 e. The normalized spacial score (nSPS) is 15.5. The van der Waals surface area contributed by atoms with E-state index in [1.807, 2.05) is 0 Å². The Labute approximate surface area is 132 Å². The van der Waals surface area contributed by atoms with Gasteiger partial charge in [-0.25, -0.2) is 9.78 Å². The zero-order chi connectivity index (χ0) is 14.8. The monoisotopic (exact) mass is 324 g/mol. The van der Waals surface area contributed by atoms with Crippen molar-refractivity contribution >= 4 is 44.3 Å². The van der Waals surface area contributed by atoms with E-state index in [-0.39, 0.29) is 0 Å². The van der Waals surface area contributed by atoms with Crippen LogP contribution in [-0.2, 0) is 4.74 Å². The highest BCUT2D eigenvalue weighted by Crippen LogP contribution is 2.32. The zero-order valence-electron chi connectivity index (χ0n) is 11.8. The Morgan fingerprint density at radius 2 is 2.24 bits per heavy atom. The number of aromatic nitrogens is 1. The highest BCUT2D eigenvalue weighted by Gasteiger charge is 2.18.